The molecule has 1 saturated heterocycles. The Bertz CT molecular complexity index is 422. The third-order valence-electron chi connectivity index (χ3n) is 3.43. The van der Waals surface area contributed by atoms with Crippen molar-refractivity contribution in [2.75, 3.05) is 20.1 Å². The molecule has 4 nitrogen and oxygen atoms in total. The maximum atomic E-state index is 11.4. The monoisotopic (exact) mass is 259 g/mol. The molecule has 0 radical (unpaired) electrons. The zero-order valence-electron chi connectivity index (χ0n) is 11.4. The van der Waals surface area contributed by atoms with Crippen LogP contribution in [0.5, 0.6) is 0 Å². The van der Waals surface area contributed by atoms with Gasteiger partial charge < -0.3 is 5.32 Å². The van der Waals surface area contributed by atoms with Crippen LogP contribution in [0.25, 0.3) is 0 Å². The van der Waals surface area contributed by atoms with Crippen LogP contribution in [0.15, 0.2) is 35.3 Å². The van der Waals surface area contributed by atoms with Crippen LogP contribution in [0.4, 0.5) is 0 Å². The molecule has 0 bridgehead atoms. The quantitative estimate of drug-likeness (QED) is 0.832. The molecule has 0 atom stereocenters. The van der Waals surface area contributed by atoms with Crippen molar-refractivity contribution >= 4 is 12.1 Å². The van der Waals surface area contributed by atoms with Gasteiger partial charge in [0.2, 0.25) is 0 Å². The molecule has 19 heavy (non-hydrogen) atoms. The fourth-order valence-electron chi connectivity index (χ4n) is 2.43. The second-order valence-corrected chi connectivity index (χ2v) is 4.93. The summed E-state index contributed by atoms with van der Waals surface area (Å²) in [4.78, 5) is 17.6. The number of amides is 1. The van der Waals surface area contributed by atoms with E-state index in [1.165, 1.54) is 11.8 Å². The molecule has 1 aromatic rings. The van der Waals surface area contributed by atoms with Crippen molar-refractivity contribution in [1.29, 1.82) is 0 Å². The predicted molar refractivity (Wildman–Crippen MR) is 77.3 cm³/mol. The SMILES string of the molecule is C/N=C/C(=O)NC1CCN(Cc2ccccc2)CC1. The van der Waals surface area contributed by atoms with Crippen LogP contribution in [0, 0.1) is 0 Å². The van der Waals surface area contributed by atoms with Crippen LogP contribution >= 0.6 is 0 Å². The zero-order valence-corrected chi connectivity index (χ0v) is 11.4. The van der Waals surface area contributed by atoms with Crippen molar-refractivity contribution in [1.82, 2.24) is 10.2 Å². The molecule has 0 saturated carbocycles. The first-order valence-corrected chi connectivity index (χ1v) is 6.77. The average molecular weight is 259 g/mol. The molecule has 0 spiro atoms. The normalized spacial score (nSPS) is 17.7. The van der Waals surface area contributed by atoms with Crippen LogP contribution in [0.3, 0.4) is 0 Å². The van der Waals surface area contributed by atoms with Crippen molar-refractivity contribution in [3.8, 4) is 0 Å². The van der Waals surface area contributed by atoms with Gasteiger partial charge in [0.15, 0.2) is 0 Å². The lowest BCUT2D eigenvalue weighted by Gasteiger charge is -2.32. The van der Waals surface area contributed by atoms with Crippen molar-refractivity contribution in [3.63, 3.8) is 0 Å². The third-order valence-corrected chi connectivity index (χ3v) is 3.43. The van der Waals surface area contributed by atoms with Gasteiger partial charge >= 0.3 is 0 Å². The largest absolute Gasteiger partial charge is 0.348 e. The summed E-state index contributed by atoms with van der Waals surface area (Å²) in [6.45, 7) is 3.06. The van der Waals surface area contributed by atoms with Gasteiger partial charge in [-0.15, -0.1) is 0 Å². The Morgan fingerprint density at radius 2 is 2.05 bits per heavy atom. The molecule has 1 amide bonds. The Balaban J connectivity index is 1.75. The van der Waals surface area contributed by atoms with Gasteiger partial charge in [0.25, 0.3) is 5.91 Å². The van der Waals surface area contributed by atoms with E-state index in [1.54, 1.807) is 7.05 Å². The number of nitrogens with one attached hydrogen (secondary N) is 1. The van der Waals surface area contributed by atoms with Crippen LogP contribution in [-0.4, -0.2) is 43.2 Å². The van der Waals surface area contributed by atoms with Gasteiger partial charge in [-0.2, -0.15) is 0 Å². The number of likely N-dealkylation sites (tertiary alicyclic amines) is 1. The molecule has 4 heteroatoms. The highest BCUT2D eigenvalue weighted by molar-refractivity contribution is 6.26. The van der Waals surface area contributed by atoms with E-state index >= 15 is 0 Å². The second-order valence-electron chi connectivity index (χ2n) is 4.93. The first kappa shape index (κ1) is 13.7. The topological polar surface area (TPSA) is 44.7 Å². The molecule has 1 aromatic carbocycles. The second kappa shape index (κ2) is 7.04. The number of carbonyl (C=O) groups excluding carboxylic acids is 1. The van der Waals surface area contributed by atoms with E-state index in [0.717, 1.165) is 32.5 Å². The lowest BCUT2D eigenvalue weighted by Crippen LogP contribution is -2.44. The van der Waals surface area contributed by atoms with E-state index in [9.17, 15) is 4.79 Å². The Morgan fingerprint density at radius 1 is 1.37 bits per heavy atom. The van der Waals surface area contributed by atoms with Gasteiger partial charge in [-0.25, -0.2) is 0 Å². The Hall–Kier alpha value is -1.68. The summed E-state index contributed by atoms with van der Waals surface area (Å²) < 4.78 is 0. The van der Waals surface area contributed by atoms with Gasteiger partial charge in [0.1, 0.15) is 0 Å². The highest BCUT2D eigenvalue weighted by Crippen LogP contribution is 2.13. The number of hydrogen-bond acceptors (Lipinski definition) is 3. The van der Waals surface area contributed by atoms with E-state index in [2.05, 4.69) is 39.5 Å². The summed E-state index contributed by atoms with van der Waals surface area (Å²) in [6.07, 6.45) is 3.36. The molecule has 1 aliphatic heterocycles. The lowest BCUT2D eigenvalue weighted by atomic mass is 10.0. The zero-order chi connectivity index (χ0) is 13.5. The van der Waals surface area contributed by atoms with Crippen molar-refractivity contribution in [2.24, 2.45) is 4.99 Å². The third kappa shape index (κ3) is 4.48. The summed E-state index contributed by atoms with van der Waals surface area (Å²) in [5.41, 5.74) is 1.35. The van der Waals surface area contributed by atoms with Crippen LogP contribution in [0.2, 0.25) is 0 Å². The number of rotatable bonds is 4. The van der Waals surface area contributed by atoms with Crippen molar-refractivity contribution < 1.29 is 4.79 Å². The van der Waals surface area contributed by atoms with Crippen molar-refractivity contribution in [2.45, 2.75) is 25.4 Å². The first-order valence-electron chi connectivity index (χ1n) is 6.77. The minimum absolute atomic E-state index is 0.0796. The summed E-state index contributed by atoms with van der Waals surface area (Å²) >= 11 is 0. The Morgan fingerprint density at radius 3 is 2.68 bits per heavy atom. The summed E-state index contributed by atoms with van der Waals surface area (Å²) in [5, 5.41) is 2.99. The average Bonchev–Trinajstić information content (AvgIpc) is 2.42. The molecule has 1 fully saturated rings. The Labute approximate surface area is 114 Å². The number of carbonyl (C=O) groups is 1. The molecular formula is C15H21N3O. The van der Waals surface area contributed by atoms with Gasteiger partial charge in [0.05, 0.1) is 6.21 Å². The molecular weight excluding hydrogens is 238 g/mol. The highest BCUT2D eigenvalue weighted by Gasteiger charge is 2.19. The van der Waals surface area contributed by atoms with Crippen LogP contribution in [0.1, 0.15) is 18.4 Å². The van der Waals surface area contributed by atoms with E-state index in [1.807, 2.05) is 6.07 Å². The molecule has 0 unspecified atom stereocenters. The lowest BCUT2D eigenvalue weighted by molar-refractivity contribution is -0.115. The summed E-state index contributed by atoms with van der Waals surface area (Å²) in [5.74, 6) is -0.0796. The van der Waals surface area contributed by atoms with Crippen LogP contribution in [-0.2, 0) is 11.3 Å². The molecule has 1 N–H and O–H groups in total. The fraction of sp³-hybridized carbons (Fsp3) is 0.467. The number of benzene rings is 1. The predicted octanol–water partition coefficient (Wildman–Crippen LogP) is 1.47. The Kier molecular flexibility index (Phi) is 5.10. The molecule has 102 valence electrons. The first-order chi connectivity index (χ1) is 9.28. The number of nitrogens with zero attached hydrogens (tertiary/aromatic N) is 2. The van der Waals surface area contributed by atoms with E-state index in [0.29, 0.717) is 0 Å². The molecule has 2 rings (SSSR count). The van der Waals surface area contributed by atoms with Gasteiger partial charge in [-0.1, -0.05) is 30.3 Å². The summed E-state index contributed by atoms with van der Waals surface area (Å²) in [6, 6.07) is 10.8. The number of aliphatic imine (C=N–C) groups is 1. The van der Waals surface area contributed by atoms with Gasteiger partial charge in [0, 0.05) is 32.7 Å². The fourth-order valence-corrected chi connectivity index (χ4v) is 2.43. The maximum absolute atomic E-state index is 11.4. The molecule has 1 aliphatic rings. The smallest absolute Gasteiger partial charge is 0.262 e. The molecule has 0 aliphatic carbocycles. The van der Waals surface area contributed by atoms with Crippen molar-refractivity contribution in [3.05, 3.63) is 35.9 Å². The van der Waals surface area contributed by atoms with Gasteiger partial charge in [-0.05, 0) is 18.4 Å². The van der Waals surface area contributed by atoms with E-state index in [4.69, 9.17) is 0 Å². The van der Waals surface area contributed by atoms with E-state index < -0.39 is 0 Å². The molecule has 0 aromatic heterocycles. The standard InChI is InChI=1S/C15H21N3O/c1-16-11-15(19)17-14-7-9-18(10-8-14)12-13-5-3-2-4-6-13/h2-6,11,14H,7-10,12H2,1H3,(H,17,19)/b16-11+. The molecule has 1 heterocycles. The van der Waals surface area contributed by atoms with E-state index in [-0.39, 0.29) is 11.9 Å². The van der Waals surface area contributed by atoms with Gasteiger partial charge in [-0.3, -0.25) is 14.7 Å². The number of hydrogen-bond donors (Lipinski definition) is 1. The van der Waals surface area contributed by atoms with Crippen LogP contribution < -0.4 is 5.32 Å². The summed E-state index contributed by atoms with van der Waals surface area (Å²) in [7, 11) is 1.61. The minimum atomic E-state index is -0.0796. The number of piperidine rings is 1. The maximum Gasteiger partial charge on any atom is 0.262 e. The minimum Gasteiger partial charge on any atom is -0.348 e. The highest BCUT2D eigenvalue weighted by atomic mass is 16.1.